The first-order valence-electron chi connectivity index (χ1n) is 7.45. The lowest BCUT2D eigenvalue weighted by molar-refractivity contribution is -0.120. The molecule has 0 unspecified atom stereocenters. The molecule has 114 valence electrons. The van der Waals surface area contributed by atoms with Crippen LogP contribution in [0.2, 0.25) is 0 Å². The Balaban J connectivity index is 1.78. The van der Waals surface area contributed by atoms with Crippen molar-refractivity contribution in [3.05, 3.63) is 42.0 Å². The molecule has 1 N–H and O–H groups in total. The monoisotopic (exact) mass is 297 g/mol. The number of nitrogens with zero attached hydrogens (tertiary/aromatic N) is 4. The van der Waals surface area contributed by atoms with Crippen LogP contribution in [-0.4, -0.2) is 25.7 Å². The smallest absolute Gasteiger partial charge is 0.228 e. The number of anilines is 1. The maximum Gasteiger partial charge on any atom is 0.228 e. The van der Waals surface area contributed by atoms with E-state index in [0.717, 1.165) is 30.7 Å². The summed E-state index contributed by atoms with van der Waals surface area (Å²) in [5.74, 6) is 1.20. The van der Waals surface area contributed by atoms with E-state index >= 15 is 0 Å². The predicted molar refractivity (Wildman–Crippen MR) is 83.7 cm³/mol. The van der Waals surface area contributed by atoms with Crippen molar-refractivity contribution in [3.8, 4) is 5.82 Å². The Hall–Kier alpha value is -2.50. The van der Waals surface area contributed by atoms with Crippen molar-refractivity contribution < 1.29 is 4.79 Å². The van der Waals surface area contributed by atoms with E-state index < -0.39 is 0 Å². The number of carbonyl (C=O) groups is 1. The van der Waals surface area contributed by atoms with Crippen molar-refractivity contribution in [2.24, 2.45) is 5.92 Å². The van der Waals surface area contributed by atoms with Gasteiger partial charge in [-0.05, 0) is 39.2 Å². The normalized spacial score (nSPS) is 17.5. The predicted octanol–water partition coefficient (Wildman–Crippen LogP) is 2.57. The van der Waals surface area contributed by atoms with Gasteiger partial charge in [-0.3, -0.25) is 4.79 Å². The van der Waals surface area contributed by atoms with Crippen molar-refractivity contribution in [3.63, 3.8) is 0 Å². The topological polar surface area (TPSA) is 72.7 Å². The van der Waals surface area contributed by atoms with Crippen LogP contribution in [0.5, 0.6) is 0 Å². The van der Waals surface area contributed by atoms with Gasteiger partial charge in [-0.1, -0.05) is 12.2 Å². The van der Waals surface area contributed by atoms with E-state index in [4.69, 9.17) is 0 Å². The SMILES string of the molecule is Cc1cc(C)n(-c2cc(NC(=O)[C@@H]3CC=CCC3)ncn2)n1. The standard InChI is InChI=1S/C16H19N5O/c1-11-8-12(2)21(20-11)15-9-14(17-10-18-15)19-16(22)13-6-4-3-5-7-13/h3-4,8-10,13H,5-7H2,1-2H3,(H,17,18,19,22)/t13-/m1/s1. The molecule has 2 heterocycles. The Morgan fingerprint density at radius 3 is 2.82 bits per heavy atom. The van der Waals surface area contributed by atoms with E-state index in [2.05, 4.69) is 32.5 Å². The Morgan fingerprint density at radius 1 is 1.27 bits per heavy atom. The van der Waals surface area contributed by atoms with Crippen LogP contribution < -0.4 is 5.32 Å². The molecule has 0 spiro atoms. The molecule has 1 amide bonds. The summed E-state index contributed by atoms with van der Waals surface area (Å²) in [7, 11) is 0. The van der Waals surface area contributed by atoms with E-state index in [-0.39, 0.29) is 11.8 Å². The Labute approximate surface area is 129 Å². The molecule has 1 aliphatic carbocycles. The number of aryl methyl sites for hydroxylation is 2. The highest BCUT2D eigenvalue weighted by molar-refractivity contribution is 5.92. The van der Waals surface area contributed by atoms with Crippen molar-refractivity contribution >= 4 is 11.7 Å². The molecule has 0 aromatic carbocycles. The lowest BCUT2D eigenvalue weighted by Crippen LogP contribution is -2.24. The first kappa shape index (κ1) is 14.4. The highest BCUT2D eigenvalue weighted by atomic mass is 16.1. The molecule has 6 nitrogen and oxygen atoms in total. The molecular weight excluding hydrogens is 278 g/mol. The van der Waals surface area contributed by atoms with Crippen LogP contribution >= 0.6 is 0 Å². The largest absolute Gasteiger partial charge is 0.310 e. The Morgan fingerprint density at radius 2 is 2.14 bits per heavy atom. The van der Waals surface area contributed by atoms with Crippen LogP contribution in [0.4, 0.5) is 5.82 Å². The average molecular weight is 297 g/mol. The summed E-state index contributed by atoms with van der Waals surface area (Å²) in [4.78, 5) is 20.6. The molecule has 0 aliphatic heterocycles. The summed E-state index contributed by atoms with van der Waals surface area (Å²) < 4.78 is 1.75. The van der Waals surface area contributed by atoms with Crippen LogP contribution in [-0.2, 0) is 4.79 Å². The van der Waals surface area contributed by atoms with Gasteiger partial charge in [0.1, 0.15) is 12.1 Å². The van der Waals surface area contributed by atoms with Crippen LogP contribution in [0.3, 0.4) is 0 Å². The second-order valence-corrected chi connectivity index (χ2v) is 5.57. The maximum absolute atomic E-state index is 12.3. The fraction of sp³-hybridized carbons (Fsp3) is 0.375. The average Bonchev–Trinajstić information content (AvgIpc) is 2.87. The quantitative estimate of drug-likeness (QED) is 0.884. The number of hydrogen-bond donors (Lipinski definition) is 1. The second kappa shape index (κ2) is 6.09. The van der Waals surface area contributed by atoms with E-state index in [9.17, 15) is 4.79 Å². The second-order valence-electron chi connectivity index (χ2n) is 5.57. The summed E-state index contributed by atoms with van der Waals surface area (Å²) in [6.07, 6.45) is 8.27. The molecule has 0 fully saturated rings. The minimum Gasteiger partial charge on any atom is -0.310 e. The molecule has 0 radical (unpaired) electrons. The molecule has 0 saturated heterocycles. The zero-order valence-corrected chi connectivity index (χ0v) is 12.8. The maximum atomic E-state index is 12.3. The fourth-order valence-corrected chi connectivity index (χ4v) is 2.65. The molecule has 0 bridgehead atoms. The van der Waals surface area contributed by atoms with Gasteiger partial charge in [0.05, 0.1) is 5.69 Å². The van der Waals surface area contributed by atoms with Crippen molar-refractivity contribution in [2.75, 3.05) is 5.32 Å². The highest BCUT2D eigenvalue weighted by Crippen LogP contribution is 2.20. The number of amides is 1. The number of allylic oxidation sites excluding steroid dienone is 2. The van der Waals surface area contributed by atoms with E-state index in [0.29, 0.717) is 11.6 Å². The third-order valence-electron chi connectivity index (χ3n) is 3.77. The third-order valence-corrected chi connectivity index (χ3v) is 3.77. The van der Waals surface area contributed by atoms with E-state index in [1.54, 1.807) is 10.7 Å². The number of nitrogens with one attached hydrogen (secondary N) is 1. The molecule has 22 heavy (non-hydrogen) atoms. The van der Waals surface area contributed by atoms with Gasteiger partial charge >= 0.3 is 0 Å². The Bertz CT molecular complexity index is 719. The number of rotatable bonds is 3. The van der Waals surface area contributed by atoms with Crippen LogP contribution in [0.15, 0.2) is 30.6 Å². The van der Waals surface area contributed by atoms with Gasteiger partial charge in [-0.2, -0.15) is 5.10 Å². The van der Waals surface area contributed by atoms with Gasteiger partial charge in [0, 0.05) is 17.7 Å². The molecular formula is C16H19N5O. The van der Waals surface area contributed by atoms with Crippen molar-refractivity contribution in [1.82, 2.24) is 19.7 Å². The molecule has 6 heteroatoms. The minimum absolute atomic E-state index is 0.0161. The number of carbonyl (C=O) groups excluding carboxylic acids is 1. The third kappa shape index (κ3) is 3.05. The van der Waals surface area contributed by atoms with Gasteiger partial charge in [-0.15, -0.1) is 0 Å². The lowest BCUT2D eigenvalue weighted by Gasteiger charge is -2.17. The highest BCUT2D eigenvalue weighted by Gasteiger charge is 2.19. The molecule has 0 saturated carbocycles. The van der Waals surface area contributed by atoms with Gasteiger partial charge in [0.15, 0.2) is 5.82 Å². The molecule has 2 aromatic rings. The van der Waals surface area contributed by atoms with Crippen molar-refractivity contribution in [2.45, 2.75) is 33.1 Å². The fourth-order valence-electron chi connectivity index (χ4n) is 2.65. The summed E-state index contributed by atoms with van der Waals surface area (Å²) in [5, 5.41) is 7.28. The Kier molecular flexibility index (Phi) is 4.00. The number of aromatic nitrogens is 4. The van der Waals surface area contributed by atoms with Crippen LogP contribution in [0.25, 0.3) is 5.82 Å². The summed E-state index contributed by atoms with van der Waals surface area (Å²) in [5.41, 5.74) is 1.92. The molecule has 2 aromatic heterocycles. The van der Waals surface area contributed by atoms with Crippen molar-refractivity contribution in [1.29, 1.82) is 0 Å². The molecule has 1 aliphatic rings. The summed E-state index contributed by atoms with van der Waals surface area (Å²) in [6.45, 7) is 3.90. The van der Waals surface area contributed by atoms with Gasteiger partial charge in [-0.25, -0.2) is 14.6 Å². The van der Waals surface area contributed by atoms with Crippen LogP contribution in [0.1, 0.15) is 30.7 Å². The minimum atomic E-state index is 0.0161. The van der Waals surface area contributed by atoms with Gasteiger partial charge in [0.2, 0.25) is 5.91 Å². The van der Waals surface area contributed by atoms with E-state index in [1.165, 1.54) is 6.33 Å². The first-order valence-corrected chi connectivity index (χ1v) is 7.45. The molecule has 1 atom stereocenters. The zero-order valence-electron chi connectivity index (χ0n) is 12.8. The van der Waals surface area contributed by atoms with Gasteiger partial charge < -0.3 is 5.32 Å². The summed E-state index contributed by atoms with van der Waals surface area (Å²) in [6, 6.07) is 3.73. The van der Waals surface area contributed by atoms with E-state index in [1.807, 2.05) is 19.9 Å². The lowest BCUT2D eigenvalue weighted by atomic mass is 9.94. The van der Waals surface area contributed by atoms with Crippen LogP contribution in [0, 0.1) is 19.8 Å². The van der Waals surface area contributed by atoms with Gasteiger partial charge in [0.25, 0.3) is 0 Å². The summed E-state index contributed by atoms with van der Waals surface area (Å²) >= 11 is 0. The number of hydrogen-bond acceptors (Lipinski definition) is 4. The first-order chi connectivity index (χ1) is 10.6. The molecule has 3 rings (SSSR count). The zero-order chi connectivity index (χ0) is 15.5.